The van der Waals surface area contributed by atoms with Crippen LogP contribution in [0.25, 0.3) is 10.2 Å². The number of fused-ring (bicyclic) bond motifs is 1. The van der Waals surface area contributed by atoms with Crippen LogP contribution >= 0.6 is 11.3 Å². The number of carbonyl (C=O) groups excluding carboxylic acids is 2. The monoisotopic (exact) mass is 460 g/mol. The van der Waals surface area contributed by atoms with Crippen LogP contribution < -0.4 is 10.1 Å². The van der Waals surface area contributed by atoms with Gasteiger partial charge in [0.05, 0.1) is 15.1 Å². The predicted molar refractivity (Wildman–Crippen MR) is 124 cm³/mol. The molecule has 8 nitrogen and oxygen atoms in total. The summed E-state index contributed by atoms with van der Waals surface area (Å²) in [5, 5.41) is 12.9. The van der Waals surface area contributed by atoms with Crippen molar-refractivity contribution in [3.8, 4) is 11.5 Å². The van der Waals surface area contributed by atoms with Crippen molar-refractivity contribution in [2.45, 2.75) is 12.5 Å². The van der Waals surface area contributed by atoms with Crippen molar-refractivity contribution in [1.82, 2.24) is 14.9 Å². The third kappa shape index (κ3) is 4.41. The van der Waals surface area contributed by atoms with Crippen molar-refractivity contribution in [1.29, 1.82) is 0 Å². The van der Waals surface area contributed by atoms with Crippen LogP contribution in [0.4, 0.5) is 5.82 Å². The van der Waals surface area contributed by atoms with Gasteiger partial charge in [-0.15, -0.1) is 11.3 Å². The fraction of sp³-hybridized carbons (Fsp3) is 0.167. The van der Waals surface area contributed by atoms with Crippen LogP contribution in [-0.4, -0.2) is 44.9 Å². The average molecular weight is 461 g/mol. The maximum atomic E-state index is 12.5. The number of hydrogen-bond acceptors (Lipinski definition) is 7. The topological polar surface area (TPSA) is 105 Å². The number of nitrogens with zero attached hydrogens (tertiary/aromatic N) is 3. The Morgan fingerprint density at radius 3 is 2.58 bits per heavy atom. The normalized spacial score (nSPS) is 13.9. The summed E-state index contributed by atoms with van der Waals surface area (Å²) >= 11 is 1.36. The van der Waals surface area contributed by atoms with E-state index in [0.29, 0.717) is 33.3 Å². The van der Waals surface area contributed by atoms with Gasteiger partial charge in [-0.25, -0.2) is 4.98 Å². The second-order valence-corrected chi connectivity index (χ2v) is 8.61. The van der Waals surface area contributed by atoms with Gasteiger partial charge < -0.3 is 20.1 Å². The Labute approximate surface area is 193 Å². The molecule has 1 atom stereocenters. The Balaban J connectivity index is 1.30. The van der Waals surface area contributed by atoms with Crippen LogP contribution in [0.3, 0.4) is 0 Å². The number of pyridine rings is 2. The van der Waals surface area contributed by atoms with Crippen molar-refractivity contribution < 1.29 is 19.4 Å². The molecular formula is C24H20N4O4S. The van der Waals surface area contributed by atoms with Crippen molar-refractivity contribution in [3.63, 3.8) is 0 Å². The minimum Gasteiger partial charge on any atom is -0.456 e. The van der Waals surface area contributed by atoms with Crippen molar-refractivity contribution in [2.24, 2.45) is 0 Å². The second kappa shape index (κ2) is 8.97. The molecule has 9 heteroatoms. The fourth-order valence-electron chi connectivity index (χ4n) is 3.40. The first-order valence-corrected chi connectivity index (χ1v) is 11.3. The van der Waals surface area contributed by atoms with E-state index in [4.69, 9.17) is 4.74 Å². The summed E-state index contributed by atoms with van der Waals surface area (Å²) < 4.78 is 6.82. The van der Waals surface area contributed by atoms with Gasteiger partial charge in [-0.3, -0.25) is 14.6 Å². The molecule has 0 aliphatic carbocycles. The Hall–Kier alpha value is -3.82. The lowest BCUT2D eigenvalue weighted by Crippen LogP contribution is -2.41. The zero-order valence-electron chi connectivity index (χ0n) is 17.5. The molecule has 1 aliphatic rings. The van der Waals surface area contributed by atoms with Gasteiger partial charge in [0.25, 0.3) is 11.8 Å². The smallest absolute Gasteiger partial charge is 0.264 e. The SMILES string of the molecule is O=C(Nc1ccccn1)C(O)c1ccc(Oc2ccnc3cc(C(=O)N4CCC4)sc23)cc1. The molecule has 33 heavy (non-hydrogen) atoms. The van der Waals surface area contributed by atoms with Gasteiger partial charge in [0, 0.05) is 31.5 Å². The number of likely N-dealkylation sites (tertiary alicyclic amines) is 1. The number of aliphatic hydroxyl groups excluding tert-OH is 1. The largest absolute Gasteiger partial charge is 0.456 e. The molecule has 4 heterocycles. The highest BCUT2D eigenvalue weighted by Gasteiger charge is 2.24. The minimum atomic E-state index is -1.35. The highest BCUT2D eigenvalue weighted by molar-refractivity contribution is 7.21. The minimum absolute atomic E-state index is 0.0255. The summed E-state index contributed by atoms with van der Waals surface area (Å²) in [4.78, 5) is 35.7. The van der Waals surface area contributed by atoms with E-state index in [1.165, 1.54) is 11.3 Å². The number of benzene rings is 1. The van der Waals surface area contributed by atoms with E-state index in [9.17, 15) is 14.7 Å². The van der Waals surface area contributed by atoms with E-state index in [1.54, 1.807) is 67.0 Å². The Kier molecular flexibility index (Phi) is 5.72. The second-order valence-electron chi connectivity index (χ2n) is 7.56. The summed E-state index contributed by atoms with van der Waals surface area (Å²) in [5.74, 6) is 0.946. The summed E-state index contributed by atoms with van der Waals surface area (Å²) in [6, 6.07) is 15.3. The lowest BCUT2D eigenvalue weighted by molar-refractivity contribution is -0.124. The van der Waals surface area contributed by atoms with Gasteiger partial charge in [-0.05, 0) is 42.3 Å². The number of rotatable bonds is 6. The van der Waals surface area contributed by atoms with E-state index < -0.39 is 12.0 Å². The number of thiophene rings is 1. The number of aliphatic hydroxyl groups is 1. The highest BCUT2D eigenvalue weighted by Crippen LogP contribution is 2.36. The van der Waals surface area contributed by atoms with Crippen LogP contribution in [0.1, 0.15) is 27.8 Å². The molecule has 5 rings (SSSR count). The number of hydrogen-bond donors (Lipinski definition) is 2. The molecule has 1 aliphatic heterocycles. The van der Waals surface area contributed by atoms with Crippen LogP contribution in [-0.2, 0) is 4.79 Å². The number of aromatic nitrogens is 2. The third-order valence-corrected chi connectivity index (χ3v) is 6.44. The van der Waals surface area contributed by atoms with E-state index >= 15 is 0 Å². The Morgan fingerprint density at radius 2 is 1.88 bits per heavy atom. The lowest BCUT2D eigenvalue weighted by Gasteiger charge is -2.30. The maximum Gasteiger partial charge on any atom is 0.264 e. The molecule has 4 aromatic rings. The van der Waals surface area contributed by atoms with Crippen molar-refractivity contribution in [2.75, 3.05) is 18.4 Å². The number of ether oxygens (including phenoxy) is 1. The standard InChI is InChI=1S/C24H20N4O4S/c29-21(23(30)27-20-4-1-2-10-26-20)15-5-7-16(8-6-15)32-18-9-11-25-17-14-19(33-22(17)18)24(31)28-12-3-13-28/h1-2,4-11,14,21,29H,3,12-13H2,(H,26,27,30). The maximum absolute atomic E-state index is 12.5. The fourth-order valence-corrected chi connectivity index (χ4v) is 4.44. The van der Waals surface area contributed by atoms with Gasteiger partial charge >= 0.3 is 0 Å². The van der Waals surface area contributed by atoms with Crippen LogP contribution in [0.2, 0.25) is 0 Å². The summed E-state index contributed by atoms with van der Waals surface area (Å²) in [7, 11) is 0. The molecule has 1 fully saturated rings. The van der Waals surface area contributed by atoms with Crippen LogP contribution in [0, 0.1) is 0 Å². The first-order chi connectivity index (χ1) is 16.1. The number of amides is 2. The van der Waals surface area contributed by atoms with E-state index in [1.807, 2.05) is 4.90 Å². The van der Waals surface area contributed by atoms with Crippen molar-refractivity contribution in [3.05, 3.63) is 77.4 Å². The molecule has 2 N–H and O–H groups in total. The highest BCUT2D eigenvalue weighted by atomic mass is 32.1. The Bertz CT molecular complexity index is 1300. The molecule has 0 bridgehead atoms. The van der Waals surface area contributed by atoms with Gasteiger partial charge in [0.15, 0.2) is 6.10 Å². The zero-order valence-corrected chi connectivity index (χ0v) is 18.3. The molecule has 166 valence electrons. The molecule has 2 amide bonds. The quantitative estimate of drug-likeness (QED) is 0.451. The van der Waals surface area contributed by atoms with E-state index in [-0.39, 0.29) is 5.91 Å². The molecule has 1 unspecified atom stereocenters. The first-order valence-electron chi connectivity index (χ1n) is 10.4. The number of nitrogens with one attached hydrogen (secondary N) is 1. The zero-order chi connectivity index (χ0) is 22.8. The summed E-state index contributed by atoms with van der Waals surface area (Å²) in [6.45, 7) is 1.59. The molecule has 1 aromatic carbocycles. The van der Waals surface area contributed by atoms with Crippen LogP contribution in [0.15, 0.2) is 67.0 Å². The average Bonchev–Trinajstić information content (AvgIpc) is 3.24. The molecule has 0 saturated carbocycles. The van der Waals surface area contributed by atoms with Crippen LogP contribution in [0.5, 0.6) is 11.5 Å². The molecule has 3 aromatic heterocycles. The van der Waals surface area contributed by atoms with Gasteiger partial charge in [0.2, 0.25) is 0 Å². The molecular weight excluding hydrogens is 440 g/mol. The summed E-state index contributed by atoms with van der Waals surface area (Å²) in [5.41, 5.74) is 1.13. The van der Waals surface area contributed by atoms with Gasteiger partial charge in [0.1, 0.15) is 17.3 Å². The lowest BCUT2D eigenvalue weighted by atomic mass is 10.1. The predicted octanol–water partition coefficient (Wildman–Crippen LogP) is 4.00. The molecule has 0 radical (unpaired) electrons. The number of anilines is 1. The van der Waals surface area contributed by atoms with E-state index in [0.717, 1.165) is 24.2 Å². The van der Waals surface area contributed by atoms with Crippen molar-refractivity contribution >= 4 is 39.2 Å². The first kappa shape index (κ1) is 21.0. The molecule has 0 spiro atoms. The summed E-state index contributed by atoms with van der Waals surface area (Å²) in [6.07, 6.45) is 2.89. The third-order valence-electron chi connectivity index (χ3n) is 5.32. The number of carbonyl (C=O) groups is 2. The molecule has 1 saturated heterocycles. The van der Waals surface area contributed by atoms with E-state index in [2.05, 4.69) is 15.3 Å². The van der Waals surface area contributed by atoms with Gasteiger partial charge in [-0.1, -0.05) is 18.2 Å². The Morgan fingerprint density at radius 1 is 1.06 bits per heavy atom. The van der Waals surface area contributed by atoms with Gasteiger partial charge in [-0.2, -0.15) is 0 Å².